The molecule has 1 aromatic carbocycles. The molecule has 2 rings (SSSR count). The molecule has 1 aliphatic carbocycles. The number of nitrogens with one attached hydrogen (secondary N) is 1. The molecule has 118 valence electrons. The van der Waals surface area contributed by atoms with Crippen molar-refractivity contribution < 1.29 is 0 Å². The van der Waals surface area contributed by atoms with Gasteiger partial charge in [-0.2, -0.15) is 0 Å². The van der Waals surface area contributed by atoms with E-state index in [-0.39, 0.29) is 0 Å². The van der Waals surface area contributed by atoms with Crippen molar-refractivity contribution in [1.29, 1.82) is 0 Å². The van der Waals surface area contributed by atoms with Crippen molar-refractivity contribution in [3.05, 3.63) is 35.4 Å². The number of rotatable bonds is 7. The van der Waals surface area contributed by atoms with Crippen molar-refractivity contribution in [2.45, 2.75) is 66.8 Å². The molecule has 1 saturated carbocycles. The second-order valence-electron chi connectivity index (χ2n) is 7.86. The molecule has 0 aromatic heterocycles. The minimum Gasteiger partial charge on any atom is -0.313 e. The van der Waals surface area contributed by atoms with Gasteiger partial charge in [0.15, 0.2) is 0 Å². The molecular weight excluding hydrogens is 254 g/mol. The molecule has 1 aliphatic rings. The first-order chi connectivity index (χ1) is 9.84. The summed E-state index contributed by atoms with van der Waals surface area (Å²) in [5, 5.41) is 3.82. The molecule has 1 atom stereocenters. The zero-order valence-electron chi connectivity index (χ0n) is 14.8. The van der Waals surface area contributed by atoms with Crippen LogP contribution in [0.4, 0.5) is 0 Å². The maximum Gasteiger partial charge on any atom is 0.0146 e. The van der Waals surface area contributed by atoms with Crippen LogP contribution in [0, 0.1) is 16.7 Å². The normalized spacial score (nSPS) is 21.2. The van der Waals surface area contributed by atoms with Crippen LogP contribution in [0.15, 0.2) is 24.3 Å². The first-order valence-corrected chi connectivity index (χ1v) is 8.65. The molecule has 1 aromatic rings. The lowest BCUT2D eigenvalue weighted by atomic mass is 9.96. The van der Waals surface area contributed by atoms with Gasteiger partial charge in [0.05, 0.1) is 0 Å². The summed E-state index contributed by atoms with van der Waals surface area (Å²) in [6.07, 6.45) is 3.49. The number of benzene rings is 1. The van der Waals surface area contributed by atoms with Gasteiger partial charge in [-0.25, -0.2) is 0 Å². The molecule has 0 saturated heterocycles. The molecule has 1 N–H and O–H groups in total. The van der Waals surface area contributed by atoms with E-state index in [2.05, 4.69) is 71.1 Å². The van der Waals surface area contributed by atoms with Crippen molar-refractivity contribution in [1.82, 2.24) is 5.32 Å². The topological polar surface area (TPSA) is 12.0 Å². The summed E-state index contributed by atoms with van der Waals surface area (Å²) in [6, 6.07) is 9.82. The van der Waals surface area contributed by atoms with Gasteiger partial charge in [0.25, 0.3) is 0 Å². The van der Waals surface area contributed by atoms with Gasteiger partial charge >= 0.3 is 0 Å². The van der Waals surface area contributed by atoms with Gasteiger partial charge in [-0.05, 0) is 53.7 Å². The van der Waals surface area contributed by atoms with Gasteiger partial charge in [0.2, 0.25) is 0 Å². The molecule has 21 heavy (non-hydrogen) atoms. The summed E-state index contributed by atoms with van der Waals surface area (Å²) < 4.78 is 0. The van der Waals surface area contributed by atoms with Crippen molar-refractivity contribution in [3.63, 3.8) is 0 Å². The number of hydrogen-bond donors (Lipinski definition) is 1. The first-order valence-electron chi connectivity index (χ1n) is 8.65. The third-order valence-corrected chi connectivity index (χ3v) is 6.08. The Morgan fingerprint density at radius 2 is 1.48 bits per heavy atom. The van der Waals surface area contributed by atoms with Crippen molar-refractivity contribution in [2.75, 3.05) is 6.54 Å². The Bertz CT molecular complexity index is 441. The fourth-order valence-electron chi connectivity index (χ4n) is 4.06. The molecule has 0 aliphatic heterocycles. The molecule has 1 unspecified atom stereocenters. The van der Waals surface area contributed by atoms with E-state index in [0.29, 0.717) is 16.9 Å². The zero-order valence-corrected chi connectivity index (χ0v) is 14.8. The standard InChI is InChI=1S/C20H33N/c1-7-13-21-17(18-19(3,4)20(18,5)6)14-16-11-9-15(8-2)10-12-16/h9-12,17-18,21H,7-8,13-14H2,1-6H3. The molecule has 0 heterocycles. The highest BCUT2D eigenvalue weighted by atomic mass is 15.0. The third kappa shape index (κ3) is 3.18. The Morgan fingerprint density at radius 3 is 1.90 bits per heavy atom. The Morgan fingerprint density at radius 1 is 0.952 bits per heavy atom. The highest BCUT2D eigenvalue weighted by molar-refractivity contribution is 5.25. The van der Waals surface area contributed by atoms with Crippen LogP contribution in [-0.2, 0) is 12.8 Å². The van der Waals surface area contributed by atoms with E-state index in [1.807, 2.05) is 0 Å². The van der Waals surface area contributed by atoms with Gasteiger partial charge in [-0.3, -0.25) is 0 Å². The molecule has 1 fully saturated rings. The summed E-state index contributed by atoms with van der Waals surface area (Å²) in [5.74, 6) is 0.766. The highest BCUT2D eigenvalue weighted by Gasteiger charge is 2.66. The van der Waals surface area contributed by atoms with E-state index in [1.165, 1.54) is 17.5 Å². The average molecular weight is 287 g/mol. The lowest BCUT2D eigenvalue weighted by Crippen LogP contribution is -2.36. The van der Waals surface area contributed by atoms with Crippen LogP contribution in [0.3, 0.4) is 0 Å². The van der Waals surface area contributed by atoms with Crippen LogP contribution in [-0.4, -0.2) is 12.6 Å². The van der Waals surface area contributed by atoms with Gasteiger partial charge in [0, 0.05) is 6.04 Å². The molecular formula is C20H33N. The van der Waals surface area contributed by atoms with Crippen LogP contribution in [0.2, 0.25) is 0 Å². The Kier molecular flexibility index (Phi) is 4.82. The van der Waals surface area contributed by atoms with Gasteiger partial charge in [0.1, 0.15) is 0 Å². The smallest absolute Gasteiger partial charge is 0.0146 e. The fourth-order valence-corrected chi connectivity index (χ4v) is 4.06. The minimum absolute atomic E-state index is 0.446. The summed E-state index contributed by atoms with van der Waals surface area (Å²) in [7, 11) is 0. The first kappa shape index (κ1) is 16.5. The number of hydrogen-bond acceptors (Lipinski definition) is 1. The molecule has 0 radical (unpaired) electrons. The van der Waals surface area contributed by atoms with E-state index >= 15 is 0 Å². The quantitative estimate of drug-likeness (QED) is 0.756. The van der Waals surface area contributed by atoms with Crippen molar-refractivity contribution in [2.24, 2.45) is 16.7 Å². The molecule has 1 nitrogen and oxygen atoms in total. The average Bonchev–Trinajstić information content (AvgIpc) is 2.86. The van der Waals surface area contributed by atoms with E-state index in [1.54, 1.807) is 0 Å². The Labute approximate surface area is 131 Å². The summed E-state index contributed by atoms with van der Waals surface area (Å²) >= 11 is 0. The Hall–Kier alpha value is -0.820. The highest BCUT2D eigenvalue weighted by Crippen LogP contribution is 2.69. The van der Waals surface area contributed by atoms with Crippen LogP contribution in [0.25, 0.3) is 0 Å². The summed E-state index contributed by atoms with van der Waals surface area (Å²) in [6.45, 7) is 15.3. The lowest BCUT2D eigenvalue weighted by Gasteiger charge is -2.21. The molecule has 0 spiro atoms. The fraction of sp³-hybridized carbons (Fsp3) is 0.700. The van der Waals surface area contributed by atoms with Gasteiger partial charge in [-0.15, -0.1) is 0 Å². The maximum absolute atomic E-state index is 3.82. The number of aryl methyl sites for hydroxylation is 1. The third-order valence-electron chi connectivity index (χ3n) is 6.08. The van der Waals surface area contributed by atoms with Crippen molar-refractivity contribution >= 4 is 0 Å². The van der Waals surface area contributed by atoms with E-state index in [4.69, 9.17) is 0 Å². The Balaban J connectivity index is 2.10. The van der Waals surface area contributed by atoms with Crippen LogP contribution >= 0.6 is 0 Å². The molecule has 0 bridgehead atoms. The van der Waals surface area contributed by atoms with E-state index < -0.39 is 0 Å². The zero-order chi connectivity index (χ0) is 15.7. The predicted molar refractivity (Wildman–Crippen MR) is 92.7 cm³/mol. The monoisotopic (exact) mass is 287 g/mol. The minimum atomic E-state index is 0.446. The predicted octanol–water partition coefficient (Wildman–Crippen LogP) is 4.84. The second-order valence-corrected chi connectivity index (χ2v) is 7.86. The summed E-state index contributed by atoms with van der Waals surface area (Å²) in [5.41, 5.74) is 3.80. The lowest BCUT2D eigenvalue weighted by molar-refractivity contribution is 0.395. The van der Waals surface area contributed by atoms with E-state index in [0.717, 1.165) is 25.3 Å². The van der Waals surface area contributed by atoms with Gasteiger partial charge < -0.3 is 5.32 Å². The molecule has 0 amide bonds. The summed E-state index contributed by atoms with van der Waals surface area (Å²) in [4.78, 5) is 0. The van der Waals surface area contributed by atoms with E-state index in [9.17, 15) is 0 Å². The molecule has 1 heteroatoms. The van der Waals surface area contributed by atoms with Gasteiger partial charge in [-0.1, -0.05) is 65.8 Å². The van der Waals surface area contributed by atoms with Crippen molar-refractivity contribution in [3.8, 4) is 0 Å². The largest absolute Gasteiger partial charge is 0.313 e. The van der Waals surface area contributed by atoms with Crippen LogP contribution in [0.1, 0.15) is 59.1 Å². The van der Waals surface area contributed by atoms with Crippen LogP contribution in [0.5, 0.6) is 0 Å². The SMILES string of the molecule is CCCNC(Cc1ccc(CC)cc1)C1C(C)(C)C1(C)C. The second kappa shape index (κ2) is 6.12. The maximum atomic E-state index is 3.82. The van der Waals surface area contributed by atoms with Crippen LogP contribution < -0.4 is 5.32 Å².